The molecule has 0 saturated heterocycles. The summed E-state index contributed by atoms with van der Waals surface area (Å²) in [5.41, 5.74) is 0.916. The van der Waals surface area contributed by atoms with Crippen molar-refractivity contribution >= 4 is 17.4 Å². The second-order valence-corrected chi connectivity index (χ2v) is 7.26. The molecule has 1 aromatic carbocycles. The molecule has 2 rings (SSSR count). The average Bonchev–Trinajstić information content (AvgIpc) is 3.12. The smallest absolute Gasteiger partial charge is 0.318 e. The highest BCUT2D eigenvalue weighted by molar-refractivity contribution is 7.10. The summed E-state index contributed by atoms with van der Waals surface area (Å²) in [6.07, 6.45) is 0.838. The van der Waals surface area contributed by atoms with Gasteiger partial charge in [-0.05, 0) is 49.7 Å². The molecule has 0 aliphatic rings. The number of halogens is 1. The Morgan fingerprint density at radius 1 is 1.20 bits per heavy atom. The summed E-state index contributed by atoms with van der Waals surface area (Å²) in [6, 6.07) is 10.3. The fourth-order valence-corrected chi connectivity index (χ4v) is 3.35. The summed E-state index contributed by atoms with van der Waals surface area (Å²) in [7, 11) is 3.96. The predicted molar refractivity (Wildman–Crippen MR) is 101 cm³/mol. The molecule has 136 valence electrons. The van der Waals surface area contributed by atoms with Gasteiger partial charge in [0.1, 0.15) is 5.82 Å². The maximum Gasteiger partial charge on any atom is 0.318 e. The Morgan fingerprint density at radius 2 is 1.92 bits per heavy atom. The van der Waals surface area contributed by atoms with Crippen LogP contribution in [0, 0.1) is 5.82 Å². The molecule has 25 heavy (non-hydrogen) atoms. The highest BCUT2D eigenvalue weighted by atomic mass is 32.1. The molecule has 0 bridgehead atoms. The van der Waals surface area contributed by atoms with Crippen molar-refractivity contribution in [3.05, 3.63) is 58.0 Å². The molecule has 1 heterocycles. The number of carbonyl (C=O) groups excluding carboxylic acids is 1. The van der Waals surface area contributed by atoms with E-state index in [4.69, 9.17) is 0 Å². The van der Waals surface area contributed by atoms with Crippen molar-refractivity contribution in [3.8, 4) is 0 Å². The second kappa shape index (κ2) is 9.53. The highest BCUT2D eigenvalue weighted by Crippen LogP contribution is 2.22. The summed E-state index contributed by atoms with van der Waals surface area (Å²) in [5.74, 6) is -0.267. The molecule has 1 atom stereocenters. The number of carbonyl (C=O) groups is 1. The van der Waals surface area contributed by atoms with Crippen LogP contribution >= 0.6 is 11.3 Å². The first kappa shape index (κ1) is 19.4. The number of rotatable bonds is 8. The topological polar surface area (TPSA) is 35.6 Å². The fourth-order valence-electron chi connectivity index (χ4n) is 2.49. The largest absolute Gasteiger partial charge is 0.330 e. The van der Waals surface area contributed by atoms with Crippen LogP contribution in [-0.2, 0) is 6.54 Å². The first-order valence-electron chi connectivity index (χ1n) is 8.47. The van der Waals surface area contributed by atoms with Gasteiger partial charge in [-0.25, -0.2) is 9.18 Å². The van der Waals surface area contributed by atoms with E-state index in [0.717, 1.165) is 23.4 Å². The van der Waals surface area contributed by atoms with Crippen LogP contribution in [0.5, 0.6) is 0 Å². The van der Waals surface area contributed by atoms with Crippen molar-refractivity contribution in [1.29, 1.82) is 0 Å². The van der Waals surface area contributed by atoms with Gasteiger partial charge in [-0.2, -0.15) is 0 Å². The Bertz CT molecular complexity index is 643. The molecule has 4 nitrogen and oxygen atoms in total. The molecule has 0 aliphatic heterocycles. The molecular formula is C19H26FN3OS. The van der Waals surface area contributed by atoms with E-state index in [2.05, 4.69) is 12.2 Å². The number of thiophene rings is 1. The quantitative estimate of drug-likeness (QED) is 0.766. The minimum absolute atomic E-state index is 0.0163. The van der Waals surface area contributed by atoms with Gasteiger partial charge >= 0.3 is 6.03 Å². The maximum absolute atomic E-state index is 13.1. The van der Waals surface area contributed by atoms with Crippen LogP contribution < -0.4 is 5.32 Å². The minimum atomic E-state index is -0.267. The van der Waals surface area contributed by atoms with Gasteiger partial charge in [0.15, 0.2) is 0 Å². The number of benzene rings is 1. The molecular weight excluding hydrogens is 337 g/mol. The zero-order valence-corrected chi connectivity index (χ0v) is 15.9. The molecule has 1 N–H and O–H groups in total. The summed E-state index contributed by atoms with van der Waals surface area (Å²) < 4.78 is 13.1. The van der Waals surface area contributed by atoms with E-state index in [0.29, 0.717) is 13.1 Å². The SMILES string of the molecule is CCC(NC(=O)N(CCN(C)C)Cc1ccc(F)cc1)c1cccs1. The Hall–Kier alpha value is -1.92. The van der Waals surface area contributed by atoms with E-state index in [1.54, 1.807) is 28.4 Å². The van der Waals surface area contributed by atoms with E-state index in [1.165, 1.54) is 12.1 Å². The molecule has 2 aromatic rings. The molecule has 2 amide bonds. The molecule has 0 fully saturated rings. The second-order valence-electron chi connectivity index (χ2n) is 6.28. The number of urea groups is 1. The van der Waals surface area contributed by atoms with Gasteiger partial charge < -0.3 is 15.1 Å². The molecule has 0 spiro atoms. The summed E-state index contributed by atoms with van der Waals surface area (Å²) in [4.78, 5) is 17.8. The third kappa shape index (κ3) is 6.14. The third-order valence-corrected chi connectivity index (χ3v) is 4.97. The van der Waals surface area contributed by atoms with Crippen molar-refractivity contribution in [2.24, 2.45) is 0 Å². The summed E-state index contributed by atoms with van der Waals surface area (Å²) in [5, 5.41) is 5.15. The number of nitrogens with zero attached hydrogens (tertiary/aromatic N) is 2. The number of hydrogen-bond acceptors (Lipinski definition) is 3. The van der Waals surface area contributed by atoms with Gasteiger partial charge in [-0.15, -0.1) is 11.3 Å². The van der Waals surface area contributed by atoms with Crippen molar-refractivity contribution in [3.63, 3.8) is 0 Å². The van der Waals surface area contributed by atoms with Gasteiger partial charge in [0, 0.05) is 24.5 Å². The van der Waals surface area contributed by atoms with Crippen LogP contribution in [0.15, 0.2) is 41.8 Å². The lowest BCUT2D eigenvalue weighted by Gasteiger charge is -2.27. The Kier molecular flexibility index (Phi) is 7.40. The Balaban J connectivity index is 2.07. The summed E-state index contributed by atoms with van der Waals surface area (Å²) >= 11 is 1.65. The zero-order chi connectivity index (χ0) is 18.2. The number of likely N-dealkylation sites (N-methyl/N-ethyl adjacent to an activating group) is 1. The molecule has 6 heteroatoms. The Labute approximate surface area is 153 Å². The average molecular weight is 364 g/mol. The van der Waals surface area contributed by atoms with Crippen LogP contribution in [0.2, 0.25) is 0 Å². The van der Waals surface area contributed by atoms with E-state index < -0.39 is 0 Å². The predicted octanol–water partition coefficient (Wildman–Crippen LogP) is 4.11. The first-order chi connectivity index (χ1) is 12.0. The molecule has 1 unspecified atom stereocenters. The summed E-state index contributed by atoms with van der Waals surface area (Å²) in [6.45, 7) is 3.90. The molecule has 1 aromatic heterocycles. The lowest BCUT2D eigenvalue weighted by atomic mass is 10.2. The fraction of sp³-hybridized carbons (Fsp3) is 0.421. The van der Waals surface area contributed by atoms with Gasteiger partial charge in [-0.1, -0.05) is 25.1 Å². The zero-order valence-electron chi connectivity index (χ0n) is 15.0. The molecule has 0 radical (unpaired) electrons. The van der Waals surface area contributed by atoms with Crippen LogP contribution in [0.3, 0.4) is 0 Å². The van der Waals surface area contributed by atoms with Crippen molar-refractivity contribution < 1.29 is 9.18 Å². The molecule has 0 saturated carbocycles. The van der Waals surface area contributed by atoms with Gasteiger partial charge in [0.25, 0.3) is 0 Å². The van der Waals surface area contributed by atoms with Crippen molar-refractivity contribution in [1.82, 2.24) is 15.1 Å². The standard InChI is InChI=1S/C19H26FN3OS/c1-4-17(18-6-5-13-25-18)21-19(24)23(12-11-22(2)3)14-15-7-9-16(20)10-8-15/h5-10,13,17H,4,11-12,14H2,1-3H3,(H,21,24). The van der Waals surface area contributed by atoms with Gasteiger partial charge in [0.2, 0.25) is 0 Å². The first-order valence-corrected chi connectivity index (χ1v) is 9.35. The lowest BCUT2D eigenvalue weighted by Crippen LogP contribution is -2.43. The van der Waals surface area contributed by atoms with Crippen LogP contribution in [0.1, 0.15) is 29.8 Å². The Morgan fingerprint density at radius 3 is 2.48 bits per heavy atom. The van der Waals surface area contributed by atoms with E-state index in [9.17, 15) is 9.18 Å². The monoisotopic (exact) mass is 363 g/mol. The van der Waals surface area contributed by atoms with Crippen LogP contribution in [0.25, 0.3) is 0 Å². The molecule has 0 aliphatic carbocycles. The minimum Gasteiger partial charge on any atom is -0.330 e. The van der Waals surface area contributed by atoms with E-state index >= 15 is 0 Å². The number of amides is 2. The van der Waals surface area contributed by atoms with Crippen LogP contribution in [0.4, 0.5) is 9.18 Å². The lowest BCUT2D eigenvalue weighted by molar-refractivity contribution is 0.184. The number of nitrogens with one attached hydrogen (secondary N) is 1. The third-order valence-electron chi connectivity index (χ3n) is 3.98. The van der Waals surface area contributed by atoms with E-state index in [1.807, 2.05) is 36.5 Å². The highest BCUT2D eigenvalue weighted by Gasteiger charge is 2.19. The normalized spacial score (nSPS) is 12.2. The van der Waals surface area contributed by atoms with Gasteiger partial charge in [-0.3, -0.25) is 0 Å². The van der Waals surface area contributed by atoms with E-state index in [-0.39, 0.29) is 17.9 Å². The van der Waals surface area contributed by atoms with Crippen LogP contribution in [-0.4, -0.2) is 43.0 Å². The number of hydrogen-bond donors (Lipinski definition) is 1. The van der Waals surface area contributed by atoms with Crippen molar-refractivity contribution in [2.45, 2.75) is 25.9 Å². The van der Waals surface area contributed by atoms with Gasteiger partial charge in [0.05, 0.1) is 6.04 Å². The maximum atomic E-state index is 13.1. The van der Waals surface area contributed by atoms with Crippen molar-refractivity contribution in [2.75, 3.05) is 27.2 Å².